The zero-order valence-electron chi connectivity index (χ0n) is 17.5. The Bertz CT molecular complexity index is 892. The van der Waals surface area contributed by atoms with E-state index in [-0.39, 0.29) is 35.8 Å². The molecule has 0 aliphatic carbocycles. The van der Waals surface area contributed by atoms with Crippen molar-refractivity contribution in [1.29, 1.82) is 0 Å². The lowest BCUT2D eigenvalue weighted by Gasteiger charge is -2.18. The third-order valence-electron chi connectivity index (χ3n) is 4.14. The fourth-order valence-electron chi connectivity index (χ4n) is 2.62. The minimum atomic E-state index is -3.26. The summed E-state index contributed by atoms with van der Waals surface area (Å²) in [7, 11) is 0.0246. The molecule has 7 nitrogen and oxygen atoms in total. The van der Waals surface area contributed by atoms with Gasteiger partial charge in [-0.3, -0.25) is 4.99 Å². The molecule has 0 aliphatic heterocycles. The van der Waals surface area contributed by atoms with Crippen LogP contribution in [0.4, 0.5) is 0 Å². The van der Waals surface area contributed by atoms with Gasteiger partial charge in [-0.2, -0.15) is 0 Å². The summed E-state index contributed by atoms with van der Waals surface area (Å²) >= 11 is 0. The van der Waals surface area contributed by atoms with Gasteiger partial charge in [0.25, 0.3) is 0 Å². The van der Waals surface area contributed by atoms with Crippen LogP contribution in [0.5, 0.6) is 11.5 Å². The molecule has 1 atom stereocenters. The van der Waals surface area contributed by atoms with Crippen molar-refractivity contribution in [3.63, 3.8) is 0 Å². The van der Waals surface area contributed by atoms with Gasteiger partial charge in [0, 0.05) is 19.7 Å². The molecule has 0 saturated carbocycles. The number of guanidine groups is 1. The van der Waals surface area contributed by atoms with E-state index in [0.29, 0.717) is 30.4 Å². The molecule has 2 aromatic rings. The Hall–Kier alpha value is -2.01. The minimum absolute atomic E-state index is 0. The van der Waals surface area contributed by atoms with E-state index in [0.717, 1.165) is 11.5 Å². The molecular weight excluding hydrogens is 517 g/mol. The Morgan fingerprint density at radius 3 is 2.43 bits per heavy atom. The van der Waals surface area contributed by atoms with Gasteiger partial charge in [0.1, 0.15) is 17.6 Å². The number of hydrogen-bond acceptors (Lipinski definition) is 5. The minimum Gasteiger partial charge on any atom is -0.497 e. The number of nitrogens with one attached hydrogen (secondary N) is 2. The molecule has 166 valence electrons. The van der Waals surface area contributed by atoms with Crippen LogP contribution in [0.3, 0.4) is 0 Å². The van der Waals surface area contributed by atoms with Crippen LogP contribution in [0, 0.1) is 0 Å². The molecule has 0 spiro atoms. The van der Waals surface area contributed by atoms with E-state index in [2.05, 4.69) is 15.6 Å². The molecule has 2 N–H and O–H groups in total. The summed E-state index contributed by atoms with van der Waals surface area (Å²) in [6, 6.07) is 15.9. The highest BCUT2D eigenvalue weighted by Gasteiger charge is 2.13. The summed E-state index contributed by atoms with van der Waals surface area (Å²) in [6.07, 6.45) is 0.382. The predicted molar refractivity (Wildman–Crippen MR) is 131 cm³/mol. The number of hydrogen-bond donors (Lipinski definition) is 2. The molecule has 0 radical (unpaired) electrons. The first kappa shape index (κ1) is 26.0. The van der Waals surface area contributed by atoms with Crippen molar-refractivity contribution in [2.45, 2.75) is 24.3 Å². The number of sulfone groups is 1. The molecule has 0 heterocycles. The Morgan fingerprint density at radius 2 is 1.77 bits per heavy atom. The van der Waals surface area contributed by atoms with Crippen molar-refractivity contribution >= 4 is 39.8 Å². The highest BCUT2D eigenvalue weighted by atomic mass is 127. The summed E-state index contributed by atoms with van der Waals surface area (Å²) in [5.41, 5.74) is 0. The zero-order chi connectivity index (χ0) is 21.1. The SMILES string of the molecule is CN=C(NCCCS(=O)(=O)c1ccccc1)NCC(C)Oc1cccc(OC)c1.I. The molecule has 0 aromatic heterocycles. The summed E-state index contributed by atoms with van der Waals surface area (Å²) in [4.78, 5) is 4.51. The summed E-state index contributed by atoms with van der Waals surface area (Å²) in [5, 5.41) is 6.31. The molecule has 0 aliphatic rings. The van der Waals surface area contributed by atoms with Gasteiger partial charge in [0.05, 0.1) is 24.3 Å². The maximum absolute atomic E-state index is 12.3. The second kappa shape index (κ2) is 13.3. The smallest absolute Gasteiger partial charge is 0.191 e. The van der Waals surface area contributed by atoms with Gasteiger partial charge in [0.2, 0.25) is 0 Å². The van der Waals surface area contributed by atoms with E-state index in [9.17, 15) is 8.42 Å². The lowest BCUT2D eigenvalue weighted by atomic mass is 10.3. The Balaban J connectivity index is 0.00000450. The lowest BCUT2D eigenvalue weighted by molar-refractivity contribution is 0.223. The van der Waals surface area contributed by atoms with Crippen LogP contribution in [-0.4, -0.2) is 53.5 Å². The average Bonchev–Trinajstić information content (AvgIpc) is 2.74. The average molecular weight is 547 g/mol. The molecule has 0 bridgehead atoms. The molecular formula is C21H30IN3O4S. The van der Waals surface area contributed by atoms with Crippen molar-refractivity contribution in [2.24, 2.45) is 4.99 Å². The van der Waals surface area contributed by atoms with Crippen molar-refractivity contribution in [3.05, 3.63) is 54.6 Å². The third-order valence-corrected chi connectivity index (χ3v) is 5.96. The van der Waals surface area contributed by atoms with Crippen LogP contribution >= 0.6 is 24.0 Å². The van der Waals surface area contributed by atoms with E-state index >= 15 is 0 Å². The van der Waals surface area contributed by atoms with Gasteiger partial charge >= 0.3 is 0 Å². The quantitative estimate of drug-likeness (QED) is 0.206. The molecule has 30 heavy (non-hydrogen) atoms. The predicted octanol–water partition coefficient (Wildman–Crippen LogP) is 3.11. The second-order valence-corrected chi connectivity index (χ2v) is 8.58. The largest absolute Gasteiger partial charge is 0.497 e. The van der Waals surface area contributed by atoms with Crippen LogP contribution < -0.4 is 20.1 Å². The Labute approximate surface area is 196 Å². The van der Waals surface area contributed by atoms with Gasteiger partial charge in [-0.15, -0.1) is 24.0 Å². The van der Waals surface area contributed by atoms with E-state index in [1.54, 1.807) is 44.5 Å². The number of nitrogens with zero attached hydrogens (tertiary/aromatic N) is 1. The van der Waals surface area contributed by atoms with Gasteiger partial charge in [-0.05, 0) is 37.6 Å². The van der Waals surface area contributed by atoms with E-state index in [4.69, 9.17) is 9.47 Å². The highest BCUT2D eigenvalue weighted by molar-refractivity contribution is 14.0. The van der Waals surface area contributed by atoms with Gasteiger partial charge in [0.15, 0.2) is 15.8 Å². The van der Waals surface area contributed by atoms with Crippen LogP contribution in [-0.2, 0) is 9.84 Å². The number of methoxy groups -OCH3 is 1. The van der Waals surface area contributed by atoms with Gasteiger partial charge in [-0.25, -0.2) is 8.42 Å². The van der Waals surface area contributed by atoms with Crippen molar-refractivity contribution in [3.8, 4) is 11.5 Å². The van der Waals surface area contributed by atoms with Gasteiger partial charge < -0.3 is 20.1 Å². The summed E-state index contributed by atoms with van der Waals surface area (Å²) in [5.74, 6) is 2.15. The van der Waals surface area contributed by atoms with Crippen LogP contribution in [0.1, 0.15) is 13.3 Å². The number of aliphatic imine (C=N–C) groups is 1. The molecule has 0 saturated heterocycles. The maximum Gasteiger partial charge on any atom is 0.191 e. The monoisotopic (exact) mass is 547 g/mol. The molecule has 0 fully saturated rings. The van der Waals surface area contributed by atoms with E-state index in [1.807, 2.05) is 31.2 Å². The van der Waals surface area contributed by atoms with Crippen molar-refractivity contribution < 1.29 is 17.9 Å². The first-order valence-corrected chi connectivity index (χ1v) is 11.1. The first-order valence-electron chi connectivity index (χ1n) is 9.47. The molecule has 9 heteroatoms. The fraction of sp³-hybridized carbons (Fsp3) is 0.381. The Morgan fingerprint density at radius 1 is 1.07 bits per heavy atom. The number of ether oxygens (including phenoxy) is 2. The molecule has 0 amide bonds. The zero-order valence-corrected chi connectivity index (χ0v) is 20.6. The van der Waals surface area contributed by atoms with E-state index in [1.165, 1.54) is 0 Å². The number of rotatable bonds is 10. The fourth-order valence-corrected chi connectivity index (χ4v) is 3.96. The standard InChI is InChI=1S/C21H29N3O4S.HI/c1-17(28-19-10-7-9-18(15-19)27-3)16-24-21(22-2)23-13-8-14-29(25,26)20-11-5-4-6-12-20;/h4-7,9-12,15,17H,8,13-14,16H2,1-3H3,(H2,22,23,24);1H. The molecule has 2 rings (SSSR count). The summed E-state index contributed by atoms with van der Waals surface area (Å²) in [6.45, 7) is 2.99. The van der Waals surface area contributed by atoms with Crippen molar-refractivity contribution in [1.82, 2.24) is 10.6 Å². The summed E-state index contributed by atoms with van der Waals surface area (Å²) < 4.78 is 35.6. The lowest BCUT2D eigenvalue weighted by Crippen LogP contribution is -2.42. The Kier molecular flexibility index (Phi) is 11.6. The van der Waals surface area contributed by atoms with Crippen LogP contribution in [0.15, 0.2) is 64.5 Å². The highest BCUT2D eigenvalue weighted by Crippen LogP contribution is 2.19. The number of benzene rings is 2. The normalized spacial score (nSPS) is 12.4. The van der Waals surface area contributed by atoms with Crippen LogP contribution in [0.2, 0.25) is 0 Å². The van der Waals surface area contributed by atoms with Crippen molar-refractivity contribution in [2.75, 3.05) is 33.0 Å². The van der Waals surface area contributed by atoms with Gasteiger partial charge in [-0.1, -0.05) is 24.3 Å². The molecule has 2 aromatic carbocycles. The number of halogens is 1. The molecule has 1 unspecified atom stereocenters. The second-order valence-electron chi connectivity index (χ2n) is 6.47. The maximum atomic E-state index is 12.3. The topological polar surface area (TPSA) is 89.0 Å². The third kappa shape index (κ3) is 8.78. The van der Waals surface area contributed by atoms with Crippen LogP contribution in [0.25, 0.3) is 0 Å². The van der Waals surface area contributed by atoms with E-state index < -0.39 is 9.84 Å². The first-order chi connectivity index (χ1) is 13.9.